The molecule has 2 amide bonds. The molecule has 2 unspecified atom stereocenters. The molecule has 11 atom stereocenters. The topological polar surface area (TPSA) is 245 Å². The molecule has 1 saturated heterocycles. The lowest BCUT2D eigenvalue weighted by atomic mass is 9.44. The van der Waals surface area contributed by atoms with Crippen molar-refractivity contribution in [3.05, 3.63) is 119 Å². The SMILES string of the molecule is CNCNC(=O)O[C@H]1C(=O)C2(C)[C@@H](O)CC3OC[C@@]3(OC(C)=O)[C@H]2[C@H](OC(=O)c2ccccc2)[C@]2(O)C[C@H](OC(=O)[C@H](O)[C@@H](NC(=O)c3ccccc3)c3ccccc3)C(C)=C1C2(C)C. The Morgan fingerprint density at radius 2 is 1.48 bits per heavy atom. The zero-order chi connectivity index (χ0) is 47.1. The minimum atomic E-state index is -2.43. The van der Waals surface area contributed by atoms with E-state index in [2.05, 4.69) is 16.0 Å². The van der Waals surface area contributed by atoms with E-state index in [4.69, 9.17) is 23.7 Å². The number of hydrogen-bond acceptors (Lipinski definition) is 15. The van der Waals surface area contributed by atoms with Crippen LogP contribution in [0.3, 0.4) is 0 Å². The first-order valence-corrected chi connectivity index (χ1v) is 21.4. The highest BCUT2D eigenvalue weighted by Crippen LogP contribution is 2.64. The average molecular weight is 898 g/mol. The molecule has 3 aromatic rings. The van der Waals surface area contributed by atoms with Crippen molar-refractivity contribution < 1.29 is 67.8 Å². The third-order valence-electron chi connectivity index (χ3n) is 13.8. The smallest absolute Gasteiger partial charge is 0.409 e. The first-order valence-electron chi connectivity index (χ1n) is 21.4. The van der Waals surface area contributed by atoms with E-state index in [1.165, 1.54) is 26.0 Å². The summed E-state index contributed by atoms with van der Waals surface area (Å²) in [6, 6.07) is 22.9. The van der Waals surface area contributed by atoms with Gasteiger partial charge in [-0.3, -0.25) is 14.4 Å². The quantitative estimate of drug-likeness (QED) is 0.0662. The summed E-state index contributed by atoms with van der Waals surface area (Å²) in [6.45, 7) is 6.75. The molecule has 65 heavy (non-hydrogen) atoms. The molecule has 1 aliphatic heterocycles. The lowest BCUT2D eigenvalue weighted by molar-refractivity contribution is -0.345. The van der Waals surface area contributed by atoms with Gasteiger partial charge in [0.15, 0.2) is 23.6 Å². The first-order chi connectivity index (χ1) is 30.8. The van der Waals surface area contributed by atoms with Gasteiger partial charge in [0.1, 0.15) is 23.9 Å². The Bertz CT molecular complexity index is 2340. The molecule has 3 fully saturated rings. The fraction of sp³-hybridized carbons (Fsp3) is 0.458. The highest BCUT2D eigenvalue weighted by molar-refractivity contribution is 5.96. The molecular weight excluding hydrogens is 843 g/mol. The van der Waals surface area contributed by atoms with Crippen molar-refractivity contribution in [1.29, 1.82) is 0 Å². The highest BCUT2D eigenvalue weighted by atomic mass is 16.6. The number of benzene rings is 3. The fourth-order valence-electron chi connectivity index (χ4n) is 10.3. The number of rotatable bonds is 12. The number of Topliss-reactive ketones (excluding diaryl/α,β-unsaturated/α-hetero) is 1. The molecule has 17 nitrogen and oxygen atoms in total. The number of ether oxygens (including phenoxy) is 5. The minimum Gasteiger partial charge on any atom is -0.456 e. The van der Waals surface area contributed by atoms with Crippen molar-refractivity contribution in [1.82, 2.24) is 16.0 Å². The van der Waals surface area contributed by atoms with Gasteiger partial charge in [0.05, 0.1) is 42.3 Å². The van der Waals surface area contributed by atoms with Gasteiger partial charge in [-0.2, -0.15) is 0 Å². The third kappa shape index (κ3) is 8.20. The van der Waals surface area contributed by atoms with Crippen LogP contribution < -0.4 is 16.0 Å². The zero-order valence-corrected chi connectivity index (χ0v) is 36.9. The van der Waals surface area contributed by atoms with E-state index < -0.39 is 113 Å². The number of carbonyl (C=O) groups excluding carboxylic acids is 6. The lowest BCUT2D eigenvalue weighted by Crippen LogP contribution is -2.82. The summed E-state index contributed by atoms with van der Waals surface area (Å²) in [5.41, 5.74) is -7.27. The average Bonchev–Trinajstić information content (AvgIpc) is 3.28. The number of nitrogens with one attached hydrogen (secondary N) is 3. The Hall–Kier alpha value is -5.98. The van der Waals surface area contributed by atoms with Crippen LogP contribution in [-0.2, 0) is 38.1 Å². The summed E-state index contributed by atoms with van der Waals surface area (Å²) in [7, 11) is 1.56. The van der Waals surface area contributed by atoms with Crippen LogP contribution in [0.2, 0.25) is 0 Å². The van der Waals surface area contributed by atoms with Crippen LogP contribution in [0.4, 0.5) is 4.79 Å². The summed E-state index contributed by atoms with van der Waals surface area (Å²) >= 11 is 0. The molecule has 4 aliphatic rings. The van der Waals surface area contributed by atoms with Gasteiger partial charge in [-0.05, 0) is 61.9 Å². The van der Waals surface area contributed by atoms with Crippen LogP contribution in [0, 0.1) is 16.7 Å². The van der Waals surface area contributed by atoms with Gasteiger partial charge in [-0.25, -0.2) is 14.4 Å². The molecule has 7 rings (SSSR count). The number of carbonyl (C=O) groups is 6. The Labute approximate surface area is 375 Å². The molecule has 346 valence electrons. The van der Waals surface area contributed by atoms with E-state index in [1.54, 1.807) is 99.8 Å². The zero-order valence-electron chi connectivity index (χ0n) is 36.9. The molecular formula is C48H55N3O14. The molecule has 0 spiro atoms. The van der Waals surface area contributed by atoms with E-state index in [0.717, 1.165) is 6.92 Å². The van der Waals surface area contributed by atoms with Crippen molar-refractivity contribution in [2.45, 2.75) is 101 Å². The van der Waals surface area contributed by atoms with Gasteiger partial charge in [0.2, 0.25) is 0 Å². The number of fused-ring (bicyclic) bond motifs is 5. The fourth-order valence-corrected chi connectivity index (χ4v) is 10.3. The number of esters is 3. The second-order valence-corrected chi connectivity index (χ2v) is 17.9. The molecule has 2 saturated carbocycles. The summed E-state index contributed by atoms with van der Waals surface area (Å²) in [6.07, 6.45) is -11.8. The monoisotopic (exact) mass is 897 g/mol. The normalized spacial score (nSPS) is 30.9. The first kappa shape index (κ1) is 47.0. The van der Waals surface area contributed by atoms with Crippen LogP contribution in [0.25, 0.3) is 0 Å². The largest absolute Gasteiger partial charge is 0.456 e. The van der Waals surface area contributed by atoms with Crippen LogP contribution in [-0.4, -0.2) is 119 Å². The van der Waals surface area contributed by atoms with Gasteiger partial charge < -0.3 is 55.0 Å². The molecule has 17 heteroatoms. The van der Waals surface area contributed by atoms with Crippen molar-refractivity contribution in [3.8, 4) is 0 Å². The molecule has 0 radical (unpaired) electrons. The summed E-state index contributed by atoms with van der Waals surface area (Å²) in [5, 5.41) is 45.8. The summed E-state index contributed by atoms with van der Waals surface area (Å²) in [4.78, 5) is 84.6. The lowest BCUT2D eigenvalue weighted by Gasteiger charge is -2.67. The summed E-state index contributed by atoms with van der Waals surface area (Å²) in [5.74, 6) is -6.06. The van der Waals surface area contributed by atoms with E-state index in [-0.39, 0.29) is 42.0 Å². The molecule has 1 heterocycles. The Morgan fingerprint density at radius 3 is 2.05 bits per heavy atom. The van der Waals surface area contributed by atoms with Crippen LogP contribution in [0.15, 0.2) is 102 Å². The molecule has 0 aromatic heterocycles. The van der Waals surface area contributed by atoms with Crippen molar-refractivity contribution in [3.63, 3.8) is 0 Å². The Morgan fingerprint density at radius 1 is 0.877 bits per heavy atom. The maximum Gasteiger partial charge on any atom is 0.409 e. The third-order valence-corrected chi connectivity index (χ3v) is 13.8. The maximum absolute atomic E-state index is 15.7. The second kappa shape index (κ2) is 18.1. The van der Waals surface area contributed by atoms with Crippen LogP contribution in [0.1, 0.15) is 79.8 Å². The number of alkyl carbamates (subject to hydrolysis) is 1. The van der Waals surface area contributed by atoms with Gasteiger partial charge in [-0.15, -0.1) is 0 Å². The highest BCUT2D eigenvalue weighted by Gasteiger charge is 2.78. The van der Waals surface area contributed by atoms with Crippen molar-refractivity contribution in [2.24, 2.45) is 16.7 Å². The standard InChI is InChI=1S/C48H55N3O14/c1-26-31(62-43(58)36(54)35(28-16-10-7-11-17-28)51-41(56)29-18-12-8-13-19-29)23-48(60)40(64-42(57)30-20-14-9-15-21-30)38-46(5,32(53)22-33-47(38,24-61-33)65-27(2)52)39(55)37(34(26)45(48,3)4)63-44(59)50-25-49-6/h7-21,31-33,35-38,40,49,53-54,60H,22-25H2,1-6H3,(H,50,59)(H,51,56)/t31-,32-,33?,35-,36+,37+,38-,40-,46?,47-,48+/m0/s1. The Balaban J connectivity index is 1.40. The summed E-state index contributed by atoms with van der Waals surface area (Å²) < 4.78 is 30.6. The maximum atomic E-state index is 15.7. The van der Waals surface area contributed by atoms with Crippen LogP contribution >= 0.6 is 0 Å². The van der Waals surface area contributed by atoms with E-state index in [0.29, 0.717) is 5.56 Å². The van der Waals surface area contributed by atoms with Gasteiger partial charge >= 0.3 is 24.0 Å². The number of aliphatic hydroxyl groups is 3. The predicted molar refractivity (Wildman–Crippen MR) is 229 cm³/mol. The number of ketones is 1. The predicted octanol–water partition coefficient (Wildman–Crippen LogP) is 3.08. The van der Waals surface area contributed by atoms with Crippen molar-refractivity contribution in [2.75, 3.05) is 20.3 Å². The second-order valence-electron chi connectivity index (χ2n) is 17.9. The van der Waals surface area contributed by atoms with Gasteiger partial charge in [0.25, 0.3) is 5.91 Å². The van der Waals surface area contributed by atoms with E-state index in [9.17, 15) is 39.3 Å². The van der Waals surface area contributed by atoms with Gasteiger partial charge in [0, 0.05) is 30.7 Å². The molecule has 3 aromatic carbocycles. The molecule has 3 aliphatic carbocycles. The van der Waals surface area contributed by atoms with Gasteiger partial charge in [-0.1, -0.05) is 80.6 Å². The minimum absolute atomic E-state index is 0.0405. The van der Waals surface area contributed by atoms with Crippen LogP contribution in [0.5, 0.6) is 0 Å². The molecule has 2 bridgehead atoms. The number of amides is 2. The van der Waals surface area contributed by atoms with E-state index >= 15 is 4.79 Å². The number of aliphatic hydroxyl groups excluding tert-OH is 2. The molecule has 6 N–H and O–H groups in total. The van der Waals surface area contributed by atoms with Crippen molar-refractivity contribution >= 4 is 35.7 Å². The van der Waals surface area contributed by atoms with E-state index in [1.807, 2.05) is 0 Å². The number of hydrogen-bond donors (Lipinski definition) is 6. The Kier molecular flexibility index (Phi) is 13.1.